The third kappa shape index (κ3) is 3.82. The normalized spacial score (nSPS) is 14.8. The molecule has 0 aromatic heterocycles. The van der Waals surface area contributed by atoms with E-state index in [1.165, 1.54) is 19.3 Å². The number of ketones is 1. The maximum absolute atomic E-state index is 11.8. The van der Waals surface area contributed by atoms with Crippen molar-refractivity contribution >= 4 is 27.4 Å². The van der Waals surface area contributed by atoms with E-state index in [-0.39, 0.29) is 5.78 Å². The molecule has 2 nitrogen and oxygen atoms in total. The van der Waals surface area contributed by atoms with E-state index >= 15 is 0 Å². The van der Waals surface area contributed by atoms with Gasteiger partial charge in [-0.05, 0) is 50.3 Å². The Morgan fingerprint density at radius 3 is 2.63 bits per heavy atom. The highest BCUT2D eigenvalue weighted by Crippen LogP contribution is 2.35. The number of halogens is 1. The van der Waals surface area contributed by atoms with Gasteiger partial charge in [0.15, 0.2) is 5.78 Å². The molecule has 1 saturated carbocycles. The SMILES string of the molecule is CC(=O)c1ccc(Br)cc1N(CCC(C)C)C1CC1. The van der Waals surface area contributed by atoms with Gasteiger partial charge in [0, 0.05) is 28.3 Å². The largest absolute Gasteiger partial charge is 0.368 e. The minimum atomic E-state index is 0.151. The predicted molar refractivity (Wildman–Crippen MR) is 84.0 cm³/mol. The molecule has 0 spiro atoms. The van der Waals surface area contributed by atoms with Crippen molar-refractivity contribution in [3.8, 4) is 0 Å². The van der Waals surface area contributed by atoms with Gasteiger partial charge >= 0.3 is 0 Å². The third-order valence-corrected chi connectivity index (χ3v) is 4.08. The third-order valence-electron chi connectivity index (χ3n) is 3.58. The summed E-state index contributed by atoms with van der Waals surface area (Å²) in [6, 6.07) is 6.61. The number of hydrogen-bond acceptors (Lipinski definition) is 2. The molecule has 104 valence electrons. The highest BCUT2D eigenvalue weighted by atomic mass is 79.9. The molecule has 3 heteroatoms. The minimum absolute atomic E-state index is 0.151. The van der Waals surface area contributed by atoms with Crippen LogP contribution in [0, 0.1) is 5.92 Å². The lowest BCUT2D eigenvalue weighted by Gasteiger charge is -2.27. The fraction of sp³-hybridized carbons (Fsp3) is 0.562. The van der Waals surface area contributed by atoms with Crippen molar-refractivity contribution in [1.29, 1.82) is 0 Å². The van der Waals surface area contributed by atoms with Gasteiger partial charge in [-0.15, -0.1) is 0 Å². The molecule has 1 aromatic carbocycles. The van der Waals surface area contributed by atoms with E-state index in [4.69, 9.17) is 0 Å². The van der Waals surface area contributed by atoms with Gasteiger partial charge < -0.3 is 4.90 Å². The van der Waals surface area contributed by atoms with E-state index in [1.807, 2.05) is 12.1 Å². The first-order valence-corrected chi connectivity index (χ1v) is 7.85. The molecule has 1 aliphatic carbocycles. The Morgan fingerprint density at radius 2 is 2.11 bits per heavy atom. The lowest BCUT2D eigenvalue weighted by atomic mass is 10.1. The summed E-state index contributed by atoms with van der Waals surface area (Å²) >= 11 is 3.53. The molecule has 1 aliphatic rings. The van der Waals surface area contributed by atoms with Crippen LogP contribution in [0.3, 0.4) is 0 Å². The number of hydrogen-bond donors (Lipinski definition) is 0. The van der Waals surface area contributed by atoms with Gasteiger partial charge in [-0.3, -0.25) is 4.79 Å². The van der Waals surface area contributed by atoms with Gasteiger partial charge in [0.1, 0.15) is 0 Å². The van der Waals surface area contributed by atoms with Crippen molar-refractivity contribution in [2.45, 2.75) is 46.1 Å². The van der Waals surface area contributed by atoms with E-state index in [9.17, 15) is 4.79 Å². The predicted octanol–water partition coefficient (Wildman–Crippen LogP) is 4.67. The summed E-state index contributed by atoms with van der Waals surface area (Å²) in [5.74, 6) is 0.840. The average Bonchev–Trinajstić information content (AvgIpc) is 3.13. The van der Waals surface area contributed by atoms with Crippen LogP contribution < -0.4 is 4.90 Å². The molecule has 0 heterocycles. The zero-order chi connectivity index (χ0) is 14.0. The number of anilines is 1. The van der Waals surface area contributed by atoms with E-state index in [2.05, 4.69) is 40.7 Å². The summed E-state index contributed by atoms with van der Waals surface area (Å²) in [7, 11) is 0. The molecule has 2 rings (SSSR count). The fourth-order valence-corrected chi connectivity index (χ4v) is 2.67. The second-order valence-electron chi connectivity index (χ2n) is 5.82. The molecule has 0 amide bonds. The summed E-state index contributed by atoms with van der Waals surface area (Å²) in [6.07, 6.45) is 3.67. The molecule has 1 fully saturated rings. The molecule has 0 N–H and O–H groups in total. The number of nitrogens with zero attached hydrogens (tertiary/aromatic N) is 1. The van der Waals surface area contributed by atoms with Crippen LogP contribution in [0.1, 0.15) is 50.4 Å². The van der Waals surface area contributed by atoms with E-state index in [1.54, 1.807) is 6.92 Å². The number of Topliss-reactive ketones (excluding diaryl/α,β-unsaturated/α-hetero) is 1. The Labute approximate surface area is 124 Å². The highest BCUT2D eigenvalue weighted by molar-refractivity contribution is 9.10. The summed E-state index contributed by atoms with van der Waals surface area (Å²) in [5, 5.41) is 0. The van der Waals surface area contributed by atoms with Gasteiger partial charge in [-0.25, -0.2) is 0 Å². The van der Waals surface area contributed by atoms with Crippen molar-refractivity contribution in [1.82, 2.24) is 0 Å². The first-order valence-electron chi connectivity index (χ1n) is 7.06. The van der Waals surface area contributed by atoms with Gasteiger partial charge in [0.05, 0.1) is 0 Å². The maximum atomic E-state index is 11.8. The number of carbonyl (C=O) groups is 1. The zero-order valence-electron chi connectivity index (χ0n) is 11.9. The Morgan fingerprint density at radius 1 is 1.42 bits per heavy atom. The summed E-state index contributed by atoms with van der Waals surface area (Å²) in [4.78, 5) is 14.3. The minimum Gasteiger partial charge on any atom is -0.368 e. The van der Waals surface area contributed by atoms with Gasteiger partial charge in [0.25, 0.3) is 0 Å². The molecular formula is C16H22BrNO. The van der Waals surface area contributed by atoms with Crippen LogP contribution in [0.25, 0.3) is 0 Å². The van der Waals surface area contributed by atoms with Gasteiger partial charge in [-0.2, -0.15) is 0 Å². The second kappa shape index (κ2) is 6.08. The maximum Gasteiger partial charge on any atom is 0.161 e. The van der Waals surface area contributed by atoms with Gasteiger partial charge in [0.2, 0.25) is 0 Å². The molecule has 0 saturated heterocycles. The Kier molecular flexibility index (Phi) is 4.67. The van der Waals surface area contributed by atoms with Crippen molar-refractivity contribution in [3.63, 3.8) is 0 Å². The van der Waals surface area contributed by atoms with Crippen LogP contribution in [0.5, 0.6) is 0 Å². The van der Waals surface area contributed by atoms with Crippen LogP contribution in [0.4, 0.5) is 5.69 Å². The topological polar surface area (TPSA) is 20.3 Å². The number of benzene rings is 1. The first-order chi connectivity index (χ1) is 8.99. The summed E-state index contributed by atoms with van der Waals surface area (Å²) in [6.45, 7) is 7.19. The molecule has 1 aromatic rings. The number of carbonyl (C=O) groups excluding carboxylic acids is 1. The molecule has 0 atom stereocenters. The molecular weight excluding hydrogens is 302 g/mol. The average molecular weight is 324 g/mol. The first kappa shape index (κ1) is 14.6. The molecule has 0 bridgehead atoms. The molecule has 0 aliphatic heterocycles. The number of rotatable bonds is 6. The van der Waals surface area contributed by atoms with E-state index in [0.29, 0.717) is 12.0 Å². The quantitative estimate of drug-likeness (QED) is 0.709. The van der Waals surface area contributed by atoms with Crippen LogP contribution in [0.15, 0.2) is 22.7 Å². The fourth-order valence-electron chi connectivity index (χ4n) is 2.32. The van der Waals surface area contributed by atoms with Crippen molar-refractivity contribution in [2.24, 2.45) is 5.92 Å². The van der Waals surface area contributed by atoms with Crippen LogP contribution in [0.2, 0.25) is 0 Å². The monoisotopic (exact) mass is 323 g/mol. The second-order valence-corrected chi connectivity index (χ2v) is 6.74. The highest BCUT2D eigenvalue weighted by Gasteiger charge is 2.30. The molecule has 0 unspecified atom stereocenters. The lowest BCUT2D eigenvalue weighted by Crippen LogP contribution is -2.29. The van der Waals surface area contributed by atoms with Crippen molar-refractivity contribution < 1.29 is 4.79 Å². The summed E-state index contributed by atoms with van der Waals surface area (Å²) in [5.41, 5.74) is 1.95. The standard InChI is InChI=1S/C16H22BrNO/c1-11(2)8-9-18(14-5-6-14)16-10-13(17)4-7-15(16)12(3)19/h4,7,10-11,14H,5-6,8-9H2,1-3H3. The summed E-state index contributed by atoms with van der Waals surface area (Å²) < 4.78 is 1.04. The zero-order valence-corrected chi connectivity index (χ0v) is 13.5. The molecule has 0 radical (unpaired) electrons. The van der Waals surface area contributed by atoms with Crippen LogP contribution >= 0.6 is 15.9 Å². The smallest absolute Gasteiger partial charge is 0.161 e. The van der Waals surface area contributed by atoms with Crippen LogP contribution in [-0.2, 0) is 0 Å². The van der Waals surface area contributed by atoms with Gasteiger partial charge in [-0.1, -0.05) is 29.8 Å². The Hall–Kier alpha value is -0.830. The van der Waals surface area contributed by atoms with E-state index in [0.717, 1.165) is 22.3 Å². The Balaban J connectivity index is 2.29. The van der Waals surface area contributed by atoms with Crippen molar-refractivity contribution in [3.05, 3.63) is 28.2 Å². The van der Waals surface area contributed by atoms with Crippen molar-refractivity contribution in [2.75, 3.05) is 11.4 Å². The Bertz CT molecular complexity index is 466. The van der Waals surface area contributed by atoms with Crippen LogP contribution in [-0.4, -0.2) is 18.4 Å². The molecule has 19 heavy (non-hydrogen) atoms. The lowest BCUT2D eigenvalue weighted by molar-refractivity contribution is 0.101. The van der Waals surface area contributed by atoms with E-state index < -0.39 is 0 Å².